The Bertz CT molecular complexity index is 1200. The number of likely N-dealkylation sites (N-methyl/N-ethyl adjacent to an activating group) is 1. The standard InChI is InChI=1S/C28H29N5O/c1-4-27(34)30-24-9-5-7-21(19-24)26-10-6-8-22(20-29-2)28(26)31-23-11-13-25(14-12-23)33-17-15-32(3)16-18-33/h4-14,19-20H,1-2,15-18H2,3H3,(H,30,34)/b22-20-,31-28+. The van der Waals surface area contributed by atoms with E-state index in [4.69, 9.17) is 4.99 Å². The zero-order valence-corrected chi connectivity index (χ0v) is 19.4. The summed E-state index contributed by atoms with van der Waals surface area (Å²) in [5.41, 5.74) is 6.32. The van der Waals surface area contributed by atoms with Gasteiger partial charge in [0.25, 0.3) is 0 Å². The van der Waals surface area contributed by atoms with Gasteiger partial charge in [-0.3, -0.25) is 9.79 Å². The summed E-state index contributed by atoms with van der Waals surface area (Å²) in [6.45, 7) is 11.3. The van der Waals surface area contributed by atoms with Gasteiger partial charge in [-0.15, -0.1) is 0 Å². The molecular formula is C28H29N5O. The minimum absolute atomic E-state index is 0.250. The molecule has 1 amide bonds. The van der Waals surface area contributed by atoms with Gasteiger partial charge in [-0.05, 0) is 61.8 Å². The van der Waals surface area contributed by atoms with Crippen molar-refractivity contribution in [3.8, 4) is 0 Å². The quantitative estimate of drug-likeness (QED) is 0.503. The number of carbonyl (C=O) groups is 1. The molecule has 4 rings (SSSR count). The van der Waals surface area contributed by atoms with Gasteiger partial charge >= 0.3 is 0 Å². The summed E-state index contributed by atoms with van der Waals surface area (Å²) in [4.78, 5) is 25.5. The van der Waals surface area contributed by atoms with E-state index in [1.807, 2.05) is 42.5 Å². The molecule has 1 aliphatic heterocycles. The van der Waals surface area contributed by atoms with Crippen LogP contribution in [-0.2, 0) is 4.79 Å². The number of nitrogens with one attached hydrogen (secondary N) is 1. The second-order valence-electron chi connectivity index (χ2n) is 8.25. The van der Waals surface area contributed by atoms with Crippen molar-refractivity contribution in [3.63, 3.8) is 0 Å². The van der Waals surface area contributed by atoms with E-state index in [2.05, 4.69) is 64.7 Å². The molecule has 1 aliphatic carbocycles. The Morgan fingerprint density at radius 2 is 1.85 bits per heavy atom. The van der Waals surface area contributed by atoms with Crippen molar-refractivity contribution in [1.82, 2.24) is 4.90 Å². The number of benzene rings is 2. The highest BCUT2D eigenvalue weighted by atomic mass is 16.1. The lowest BCUT2D eigenvalue weighted by Crippen LogP contribution is -2.44. The third kappa shape index (κ3) is 5.47. The molecule has 1 saturated heterocycles. The average molecular weight is 452 g/mol. The topological polar surface area (TPSA) is 60.3 Å². The van der Waals surface area contributed by atoms with Gasteiger partial charge in [0.2, 0.25) is 5.91 Å². The first-order chi connectivity index (χ1) is 16.6. The minimum Gasteiger partial charge on any atom is -0.369 e. The molecule has 1 N–H and O–H groups in total. The Morgan fingerprint density at radius 1 is 1.09 bits per heavy atom. The van der Waals surface area contributed by atoms with Gasteiger partial charge in [-0.25, -0.2) is 4.99 Å². The number of hydrogen-bond acceptors (Lipinski definition) is 5. The molecule has 1 heterocycles. The summed E-state index contributed by atoms with van der Waals surface area (Å²) >= 11 is 0. The van der Waals surface area contributed by atoms with Crippen LogP contribution < -0.4 is 10.2 Å². The minimum atomic E-state index is -0.250. The van der Waals surface area contributed by atoms with E-state index < -0.39 is 0 Å². The molecule has 0 spiro atoms. The van der Waals surface area contributed by atoms with Crippen LogP contribution in [0, 0.1) is 0 Å². The van der Waals surface area contributed by atoms with E-state index >= 15 is 0 Å². The Morgan fingerprint density at radius 3 is 2.56 bits per heavy atom. The molecule has 2 aliphatic rings. The highest BCUT2D eigenvalue weighted by molar-refractivity contribution is 6.34. The summed E-state index contributed by atoms with van der Waals surface area (Å²) in [6.07, 6.45) is 8.93. The molecule has 2 aromatic carbocycles. The molecule has 0 bridgehead atoms. The van der Waals surface area contributed by atoms with E-state index in [1.165, 1.54) is 11.8 Å². The summed E-state index contributed by atoms with van der Waals surface area (Å²) < 4.78 is 0. The molecule has 6 heteroatoms. The van der Waals surface area contributed by atoms with Crippen LogP contribution in [0.1, 0.15) is 5.56 Å². The number of piperazine rings is 1. The maximum Gasteiger partial charge on any atom is 0.247 e. The van der Waals surface area contributed by atoms with Gasteiger partial charge < -0.3 is 15.1 Å². The van der Waals surface area contributed by atoms with Crippen LogP contribution in [0.15, 0.2) is 101 Å². The Labute approximate surface area is 201 Å². The second kappa shape index (κ2) is 10.7. The Kier molecular flexibility index (Phi) is 7.30. The molecule has 0 radical (unpaired) electrons. The predicted molar refractivity (Wildman–Crippen MR) is 143 cm³/mol. The molecule has 1 fully saturated rings. The van der Waals surface area contributed by atoms with Crippen LogP contribution in [0.5, 0.6) is 0 Å². The lowest BCUT2D eigenvalue weighted by Gasteiger charge is -2.34. The van der Waals surface area contributed by atoms with Crippen molar-refractivity contribution in [2.75, 3.05) is 43.4 Å². The third-order valence-corrected chi connectivity index (χ3v) is 5.88. The second-order valence-corrected chi connectivity index (χ2v) is 8.25. The molecule has 34 heavy (non-hydrogen) atoms. The normalized spacial score (nSPS) is 18.6. The van der Waals surface area contributed by atoms with Gasteiger partial charge in [-0.1, -0.05) is 36.9 Å². The number of anilines is 2. The van der Waals surface area contributed by atoms with E-state index in [-0.39, 0.29) is 5.91 Å². The number of hydrogen-bond donors (Lipinski definition) is 1. The number of carbonyl (C=O) groups excluding carboxylic acids is 1. The fourth-order valence-electron chi connectivity index (χ4n) is 4.01. The van der Waals surface area contributed by atoms with E-state index in [9.17, 15) is 4.79 Å². The molecule has 6 nitrogen and oxygen atoms in total. The number of amides is 1. The molecule has 0 atom stereocenters. The van der Waals surface area contributed by atoms with Gasteiger partial charge in [-0.2, -0.15) is 0 Å². The first kappa shape index (κ1) is 23.1. The number of aliphatic imine (C=N–C) groups is 2. The van der Waals surface area contributed by atoms with Gasteiger partial charge in [0.05, 0.1) is 11.4 Å². The van der Waals surface area contributed by atoms with Crippen molar-refractivity contribution >= 4 is 41.0 Å². The monoisotopic (exact) mass is 451 g/mol. The highest BCUT2D eigenvalue weighted by Gasteiger charge is 2.18. The maximum atomic E-state index is 11.8. The van der Waals surface area contributed by atoms with E-state index in [1.54, 1.807) is 6.20 Å². The summed E-state index contributed by atoms with van der Waals surface area (Å²) in [7, 11) is 2.16. The lowest BCUT2D eigenvalue weighted by molar-refractivity contribution is -0.111. The fraction of sp³-hybridized carbons (Fsp3) is 0.179. The summed E-state index contributed by atoms with van der Waals surface area (Å²) in [6, 6.07) is 16.1. The Balaban J connectivity index is 1.65. The van der Waals surface area contributed by atoms with Crippen LogP contribution in [0.2, 0.25) is 0 Å². The van der Waals surface area contributed by atoms with E-state index in [0.29, 0.717) is 5.69 Å². The Hall–Kier alpha value is -4.03. The molecule has 0 saturated carbocycles. The smallest absolute Gasteiger partial charge is 0.247 e. The van der Waals surface area contributed by atoms with Crippen molar-refractivity contribution in [2.24, 2.45) is 9.98 Å². The van der Waals surface area contributed by atoms with Crippen LogP contribution in [0.25, 0.3) is 5.57 Å². The van der Waals surface area contributed by atoms with Crippen molar-refractivity contribution in [1.29, 1.82) is 0 Å². The first-order valence-corrected chi connectivity index (χ1v) is 11.3. The zero-order valence-electron chi connectivity index (χ0n) is 19.4. The third-order valence-electron chi connectivity index (χ3n) is 5.88. The number of allylic oxidation sites excluding steroid dienone is 5. The fourth-order valence-corrected chi connectivity index (χ4v) is 4.01. The number of rotatable bonds is 6. The van der Waals surface area contributed by atoms with Crippen LogP contribution in [0.4, 0.5) is 17.1 Å². The average Bonchev–Trinajstić information content (AvgIpc) is 2.86. The van der Waals surface area contributed by atoms with Crippen LogP contribution in [0.3, 0.4) is 0 Å². The highest BCUT2D eigenvalue weighted by Crippen LogP contribution is 2.30. The van der Waals surface area contributed by atoms with Gasteiger partial charge in [0.1, 0.15) is 0 Å². The van der Waals surface area contributed by atoms with Crippen LogP contribution in [-0.4, -0.2) is 56.5 Å². The first-order valence-electron chi connectivity index (χ1n) is 11.3. The van der Waals surface area contributed by atoms with Crippen molar-refractivity contribution < 1.29 is 4.79 Å². The van der Waals surface area contributed by atoms with E-state index in [0.717, 1.165) is 54.3 Å². The molecule has 0 aromatic heterocycles. The lowest BCUT2D eigenvalue weighted by atomic mass is 9.91. The largest absolute Gasteiger partial charge is 0.369 e. The maximum absolute atomic E-state index is 11.8. The predicted octanol–water partition coefficient (Wildman–Crippen LogP) is 4.87. The molecular weight excluding hydrogens is 422 g/mol. The van der Waals surface area contributed by atoms with Gasteiger partial charge in [0, 0.05) is 54.9 Å². The zero-order chi connectivity index (χ0) is 23.9. The summed E-state index contributed by atoms with van der Waals surface area (Å²) in [5.74, 6) is -0.250. The molecule has 0 unspecified atom stereocenters. The summed E-state index contributed by atoms with van der Waals surface area (Å²) in [5, 5.41) is 2.82. The van der Waals surface area contributed by atoms with Crippen molar-refractivity contribution in [2.45, 2.75) is 0 Å². The molecule has 172 valence electrons. The number of nitrogens with zero attached hydrogens (tertiary/aromatic N) is 4. The SMILES string of the molecule is C=CC(=O)Nc1cccc(C2=CC=CC(=C/N=C)/C2=N\c2ccc(N3CCN(C)CC3)cc2)c1. The van der Waals surface area contributed by atoms with Gasteiger partial charge in [0.15, 0.2) is 0 Å². The van der Waals surface area contributed by atoms with Crippen LogP contribution >= 0.6 is 0 Å². The molecule has 2 aromatic rings. The van der Waals surface area contributed by atoms with Crippen molar-refractivity contribution in [3.05, 3.63) is 96.8 Å².